The molecule has 0 aliphatic rings. The minimum absolute atomic E-state index is 0.0501. The molecular formula is C23H26N4O. The Morgan fingerprint density at radius 3 is 2.32 bits per heavy atom. The molecule has 0 bridgehead atoms. The number of hydrogen-bond donors (Lipinski definition) is 1. The zero-order chi connectivity index (χ0) is 20.1. The number of anilines is 3. The van der Waals surface area contributed by atoms with Crippen molar-refractivity contribution in [3.8, 4) is 0 Å². The van der Waals surface area contributed by atoms with E-state index in [1.807, 2.05) is 31.2 Å². The summed E-state index contributed by atoms with van der Waals surface area (Å²) in [6.07, 6.45) is 0. The molecule has 0 aliphatic carbocycles. The molecule has 0 unspecified atom stereocenters. The predicted octanol–water partition coefficient (Wildman–Crippen LogP) is 5.15. The average molecular weight is 374 g/mol. The van der Waals surface area contributed by atoms with Gasteiger partial charge in [0.1, 0.15) is 5.82 Å². The molecule has 2 aromatic carbocycles. The zero-order valence-electron chi connectivity index (χ0n) is 16.8. The topological polar surface area (TPSA) is 58.1 Å². The summed E-state index contributed by atoms with van der Waals surface area (Å²) < 4.78 is 0. The Labute approximate surface area is 166 Å². The van der Waals surface area contributed by atoms with Crippen LogP contribution in [0.15, 0.2) is 60.7 Å². The Bertz CT molecular complexity index is 937. The fraction of sp³-hybridized carbons (Fsp3) is 0.261. The molecule has 0 amide bonds. The summed E-state index contributed by atoms with van der Waals surface area (Å²) in [5, 5.41) is 3.25. The molecular weight excluding hydrogens is 348 g/mol. The van der Waals surface area contributed by atoms with Crippen LogP contribution in [-0.2, 0) is 6.54 Å². The van der Waals surface area contributed by atoms with Crippen molar-refractivity contribution in [2.24, 2.45) is 0 Å². The van der Waals surface area contributed by atoms with Crippen LogP contribution in [0.4, 0.5) is 17.5 Å². The number of Topliss-reactive ketones (excluding diaryl/α,β-unsaturated/α-hetero) is 1. The lowest BCUT2D eigenvalue weighted by molar-refractivity contribution is 0.101. The second kappa shape index (κ2) is 8.65. The van der Waals surface area contributed by atoms with Crippen LogP contribution in [0.1, 0.15) is 42.4 Å². The highest BCUT2D eigenvalue weighted by Gasteiger charge is 2.15. The van der Waals surface area contributed by atoms with E-state index in [1.54, 1.807) is 19.1 Å². The number of aryl methyl sites for hydroxylation is 1. The van der Waals surface area contributed by atoms with Gasteiger partial charge in [-0.25, -0.2) is 4.98 Å². The van der Waals surface area contributed by atoms with Gasteiger partial charge in [-0.3, -0.25) is 4.79 Å². The van der Waals surface area contributed by atoms with Crippen LogP contribution in [0.2, 0.25) is 0 Å². The highest BCUT2D eigenvalue weighted by molar-refractivity contribution is 5.94. The zero-order valence-corrected chi connectivity index (χ0v) is 16.8. The smallest absolute Gasteiger partial charge is 0.229 e. The molecule has 5 nitrogen and oxygen atoms in total. The molecule has 1 N–H and O–H groups in total. The van der Waals surface area contributed by atoms with Crippen LogP contribution in [0, 0.1) is 6.92 Å². The molecule has 5 heteroatoms. The molecule has 0 atom stereocenters. The van der Waals surface area contributed by atoms with E-state index in [9.17, 15) is 4.79 Å². The lowest BCUT2D eigenvalue weighted by Gasteiger charge is -2.28. The number of carbonyl (C=O) groups is 1. The molecule has 0 radical (unpaired) electrons. The third kappa shape index (κ3) is 4.94. The Morgan fingerprint density at radius 1 is 1.04 bits per heavy atom. The molecule has 28 heavy (non-hydrogen) atoms. The van der Waals surface area contributed by atoms with E-state index in [4.69, 9.17) is 4.98 Å². The second-order valence-electron chi connectivity index (χ2n) is 7.16. The van der Waals surface area contributed by atoms with E-state index in [0.29, 0.717) is 11.5 Å². The Kier molecular flexibility index (Phi) is 6.04. The van der Waals surface area contributed by atoms with E-state index < -0.39 is 0 Å². The Balaban J connectivity index is 1.85. The molecule has 0 spiro atoms. The normalized spacial score (nSPS) is 10.8. The van der Waals surface area contributed by atoms with Gasteiger partial charge in [0.25, 0.3) is 0 Å². The molecule has 0 aliphatic heterocycles. The number of nitrogens with zero attached hydrogens (tertiary/aromatic N) is 3. The maximum Gasteiger partial charge on any atom is 0.229 e. The first-order valence-corrected chi connectivity index (χ1v) is 9.46. The number of aromatic nitrogens is 2. The van der Waals surface area contributed by atoms with Gasteiger partial charge in [0.2, 0.25) is 5.95 Å². The monoisotopic (exact) mass is 374 g/mol. The summed E-state index contributed by atoms with van der Waals surface area (Å²) in [5.41, 5.74) is 3.67. The third-order valence-corrected chi connectivity index (χ3v) is 4.50. The summed E-state index contributed by atoms with van der Waals surface area (Å²) in [5.74, 6) is 1.48. The molecule has 3 rings (SSSR count). The summed E-state index contributed by atoms with van der Waals surface area (Å²) >= 11 is 0. The fourth-order valence-corrected chi connectivity index (χ4v) is 2.98. The summed E-state index contributed by atoms with van der Waals surface area (Å²) in [4.78, 5) is 23.0. The van der Waals surface area contributed by atoms with Crippen molar-refractivity contribution in [1.29, 1.82) is 0 Å². The maximum absolute atomic E-state index is 11.4. The first-order chi connectivity index (χ1) is 13.4. The van der Waals surface area contributed by atoms with Gasteiger partial charge in [-0.1, -0.05) is 30.3 Å². The van der Waals surface area contributed by atoms with Crippen LogP contribution >= 0.6 is 0 Å². The van der Waals surface area contributed by atoms with Gasteiger partial charge in [0, 0.05) is 35.6 Å². The van der Waals surface area contributed by atoms with E-state index in [0.717, 1.165) is 23.7 Å². The lowest BCUT2D eigenvalue weighted by Crippen LogP contribution is -2.31. The number of hydrogen-bond acceptors (Lipinski definition) is 5. The van der Waals surface area contributed by atoms with Gasteiger partial charge >= 0.3 is 0 Å². The molecule has 0 fully saturated rings. The number of carbonyl (C=O) groups excluding carboxylic acids is 1. The van der Waals surface area contributed by atoms with Gasteiger partial charge < -0.3 is 10.2 Å². The van der Waals surface area contributed by atoms with E-state index >= 15 is 0 Å². The van der Waals surface area contributed by atoms with Crippen LogP contribution < -0.4 is 10.2 Å². The van der Waals surface area contributed by atoms with Gasteiger partial charge in [-0.05, 0) is 57.5 Å². The summed E-state index contributed by atoms with van der Waals surface area (Å²) in [7, 11) is 0. The highest BCUT2D eigenvalue weighted by Crippen LogP contribution is 2.22. The van der Waals surface area contributed by atoms with Gasteiger partial charge in [-0.2, -0.15) is 4.98 Å². The van der Waals surface area contributed by atoms with Crippen molar-refractivity contribution in [2.45, 2.75) is 40.3 Å². The quantitative estimate of drug-likeness (QED) is 0.580. The molecule has 1 aromatic heterocycles. The SMILES string of the molecule is CC(=O)c1ccc(Nc2nc(C)cc(N(Cc3ccccc3)C(C)C)n2)cc1. The molecule has 0 saturated heterocycles. The lowest BCUT2D eigenvalue weighted by atomic mass is 10.1. The van der Waals surface area contributed by atoms with E-state index in [-0.39, 0.29) is 11.8 Å². The van der Waals surface area contributed by atoms with Crippen LogP contribution in [0.3, 0.4) is 0 Å². The van der Waals surface area contributed by atoms with E-state index in [1.165, 1.54) is 5.56 Å². The minimum Gasteiger partial charge on any atom is -0.350 e. The Morgan fingerprint density at radius 2 is 1.71 bits per heavy atom. The van der Waals surface area contributed by atoms with Crippen molar-refractivity contribution >= 4 is 23.2 Å². The Hall–Kier alpha value is -3.21. The minimum atomic E-state index is 0.0501. The number of rotatable bonds is 7. The molecule has 3 aromatic rings. The summed E-state index contributed by atoms with van der Waals surface area (Å²) in [6, 6.07) is 20.0. The van der Waals surface area contributed by atoms with Gasteiger partial charge in [0.05, 0.1) is 0 Å². The predicted molar refractivity (Wildman–Crippen MR) is 114 cm³/mol. The van der Waals surface area contributed by atoms with Crippen LogP contribution in [0.25, 0.3) is 0 Å². The first-order valence-electron chi connectivity index (χ1n) is 9.46. The van der Waals surface area contributed by atoms with Crippen LogP contribution in [-0.4, -0.2) is 21.8 Å². The summed E-state index contributed by atoms with van der Waals surface area (Å²) in [6.45, 7) is 8.63. The largest absolute Gasteiger partial charge is 0.350 e. The first kappa shape index (κ1) is 19.5. The molecule has 144 valence electrons. The molecule has 0 saturated carbocycles. The van der Waals surface area contributed by atoms with Crippen molar-refractivity contribution in [2.75, 3.05) is 10.2 Å². The number of benzene rings is 2. The van der Waals surface area contributed by atoms with Crippen molar-refractivity contribution in [1.82, 2.24) is 9.97 Å². The number of nitrogens with one attached hydrogen (secondary N) is 1. The van der Waals surface area contributed by atoms with Gasteiger partial charge in [-0.15, -0.1) is 0 Å². The second-order valence-corrected chi connectivity index (χ2v) is 7.16. The van der Waals surface area contributed by atoms with Crippen LogP contribution in [0.5, 0.6) is 0 Å². The van der Waals surface area contributed by atoms with Crippen molar-refractivity contribution < 1.29 is 4.79 Å². The highest BCUT2D eigenvalue weighted by atomic mass is 16.1. The molecule has 1 heterocycles. The van der Waals surface area contributed by atoms with E-state index in [2.05, 4.69) is 53.3 Å². The average Bonchev–Trinajstić information content (AvgIpc) is 2.66. The third-order valence-electron chi connectivity index (χ3n) is 4.50. The van der Waals surface area contributed by atoms with Crippen molar-refractivity contribution in [3.05, 3.63) is 77.5 Å². The fourth-order valence-electron chi connectivity index (χ4n) is 2.98. The van der Waals surface area contributed by atoms with Crippen molar-refractivity contribution in [3.63, 3.8) is 0 Å². The van der Waals surface area contributed by atoms with Gasteiger partial charge in [0.15, 0.2) is 5.78 Å². The number of ketones is 1. The standard InChI is InChI=1S/C23H26N4O/c1-16(2)27(15-19-8-6-5-7-9-19)22-14-17(3)24-23(26-22)25-21-12-10-20(11-13-21)18(4)28/h5-14,16H,15H2,1-4H3,(H,24,25,26). The maximum atomic E-state index is 11.4.